The highest BCUT2D eigenvalue weighted by molar-refractivity contribution is 5.20. The smallest absolute Gasteiger partial charge is 0.126 e. The second-order valence-corrected chi connectivity index (χ2v) is 5.92. The molecule has 1 aliphatic heterocycles. The Morgan fingerprint density at radius 2 is 2.20 bits per heavy atom. The lowest BCUT2D eigenvalue weighted by Crippen LogP contribution is -2.57. The first-order chi connectivity index (χ1) is 9.59. The van der Waals surface area contributed by atoms with Gasteiger partial charge in [0.05, 0.1) is 6.10 Å². The third kappa shape index (κ3) is 3.37. The summed E-state index contributed by atoms with van der Waals surface area (Å²) < 4.78 is 19.4. The lowest BCUT2D eigenvalue weighted by molar-refractivity contribution is -0.0115. The van der Waals surface area contributed by atoms with Gasteiger partial charge in [0.2, 0.25) is 0 Å². The summed E-state index contributed by atoms with van der Waals surface area (Å²) in [5.41, 5.74) is 6.53. The van der Waals surface area contributed by atoms with Gasteiger partial charge >= 0.3 is 0 Å². The molecule has 1 fully saturated rings. The van der Waals surface area contributed by atoms with Crippen LogP contribution in [-0.4, -0.2) is 43.3 Å². The summed E-state index contributed by atoms with van der Waals surface area (Å²) in [6.45, 7) is 4.51. The van der Waals surface area contributed by atoms with E-state index in [0.29, 0.717) is 13.0 Å². The van der Waals surface area contributed by atoms with E-state index >= 15 is 0 Å². The van der Waals surface area contributed by atoms with E-state index in [9.17, 15) is 4.39 Å². The number of hydrogen-bond acceptors (Lipinski definition) is 3. The summed E-state index contributed by atoms with van der Waals surface area (Å²) in [5.74, 6) is -0.146. The highest BCUT2D eigenvalue weighted by Crippen LogP contribution is 2.26. The Morgan fingerprint density at radius 1 is 1.45 bits per heavy atom. The van der Waals surface area contributed by atoms with Crippen molar-refractivity contribution < 1.29 is 9.13 Å². The van der Waals surface area contributed by atoms with E-state index < -0.39 is 0 Å². The molecule has 2 rings (SSSR count). The van der Waals surface area contributed by atoms with E-state index in [0.717, 1.165) is 31.5 Å². The molecule has 4 heteroatoms. The van der Waals surface area contributed by atoms with Crippen LogP contribution in [0.15, 0.2) is 24.3 Å². The van der Waals surface area contributed by atoms with Gasteiger partial charge in [-0.05, 0) is 44.4 Å². The molecular weight excluding hydrogens is 255 g/mol. The quantitative estimate of drug-likeness (QED) is 0.898. The first-order valence-electron chi connectivity index (χ1n) is 7.30. The lowest BCUT2D eigenvalue weighted by Gasteiger charge is -2.45. The highest BCUT2D eigenvalue weighted by atomic mass is 19.1. The number of methoxy groups -OCH3 is 1. The summed E-state index contributed by atoms with van der Waals surface area (Å²) in [6, 6.07) is 6.96. The van der Waals surface area contributed by atoms with Crippen molar-refractivity contribution in [2.45, 2.75) is 37.8 Å². The molecule has 2 N–H and O–H groups in total. The lowest BCUT2D eigenvalue weighted by atomic mass is 9.88. The molecule has 3 nitrogen and oxygen atoms in total. The number of piperidine rings is 1. The highest BCUT2D eigenvalue weighted by Gasteiger charge is 2.34. The van der Waals surface area contributed by atoms with Gasteiger partial charge in [-0.25, -0.2) is 4.39 Å². The molecule has 1 aromatic rings. The predicted molar refractivity (Wildman–Crippen MR) is 79.2 cm³/mol. The minimum atomic E-state index is -0.223. The Morgan fingerprint density at radius 3 is 2.85 bits per heavy atom. The Balaban J connectivity index is 2.14. The predicted octanol–water partition coefficient (Wildman–Crippen LogP) is 2.20. The van der Waals surface area contributed by atoms with Crippen molar-refractivity contribution in [3.05, 3.63) is 35.6 Å². The number of nitrogens with zero attached hydrogens (tertiary/aromatic N) is 1. The fraction of sp³-hybridized carbons (Fsp3) is 0.625. The van der Waals surface area contributed by atoms with Gasteiger partial charge in [0, 0.05) is 25.7 Å². The third-order valence-corrected chi connectivity index (χ3v) is 4.44. The largest absolute Gasteiger partial charge is 0.380 e. The van der Waals surface area contributed by atoms with E-state index in [1.165, 1.54) is 6.07 Å². The summed E-state index contributed by atoms with van der Waals surface area (Å²) in [6.07, 6.45) is 3.08. The maximum absolute atomic E-state index is 13.9. The van der Waals surface area contributed by atoms with Gasteiger partial charge in [0.1, 0.15) is 5.82 Å². The van der Waals surface area contributed by atoms with Crippen LogP contribution in [0, 0.1) is 5.82 Å². The molecule has 0 saturated carbocycles. The molecule has 1 heterocycles. The van der Waals surface area contributed by atoms with Crippen LogP contribution in [0.25, 0.3) is 0 Å². The third-order valence-electron chi connectivity index (χ3n) is 4.44. The minimum Gasteiger partial charge on any atom is -0.380 e. The fourth-order valence-electron chi connectivity index (χ4n) is 2.99. The van der Waals surface area contributed by atoms with E-state index in [1.54, 1.807) is 13.2 Å². The Kier molecular flexibility index (Phi) is 5.13. The van der Waals surface area contributed by atoms with Crippen molar-refractivity contribution in [2.24, 2.45) is 5.73 Å². The maximum atomic E-state index is 13.9. The molecule has 20 heavy (non-hydrogen) atoms. The Labute approximate surface area is 120 Å². The van der Waals surface area contributed by atoms with Crippen molar-refractivity contribution >= 4 is 0 Å². The average molecular weight is 280 g/mol. The van der Waals surface area contributed by atoms with Gasteiger partial charge in [0.15, 0.2) is 0 Å². The molecule has 2 unspecified atom stereocenters. The molecule has 2 atom stereocenters. The fourth-order valence-corrected chi connectivity index (χ4v) is 2.99. The molecule has 0 spiro atoms. The second kappa shape index (κ2) is 6.66. The van der Waals surface area contributed by atoms with Crippen LogP contribution in [0.4, 0.5) is 4.39 Å². The van der Waals surface area contributed by atoms with Gasteiger partial charge < -0.3 is 10.5 Å². The Bertz CT molecular complexity index is 440. The normalized spacial score (nSPS) is 23.5. The second-order valence-electron chi connectivity index (χ2n) is 5.92. The number of benzene rings is 1. The van der Waals surface area contributed by atoms with Gasteiger partial charge in [-0.3, -0.25) is 4.90 Å². The van der Waals surface area contributed by atoms with E-state index in [-0.39, 0.29) is 17.5 Å². The zero-order chi connectivity index (χ0) is 14.6. The molecule has 0 aliphatic carbocycles. The van der Waals surface area contributed by atoms with E-state index in [1.807, 2.05) is 12.1 Å². The van der Waals surface area contributed by atoms with Gasteiger partial charge in [-0.2, -0.15) is 0 Å². The summed E-state index contributed by atoms with van der Waals surface area (Å²) in [7, 11) is 1.75. The van der Waals surface area contributed by atoms with Gasteiger partial charge in [-0.1, -0.05) is 18.2 Å². The first kappa shape index (κ1) is 15.4. The van der Waals surface area contributed by atoms with E-state index in [4.69, 9.17) is 10.5 Å². The van der Waals surface area contributed by atoms with E-state index in [2.05, 4.69) is 11.8 Å². The van der Waals surface area contributed by atoms with Crippen molar-refractivity contribution in [3.63, 3.8) is 0 Å². The summed E-state index contributed by atoms with van der Waals surface area (Å²) in [4.78, 5) is 2.36. The monoisotopic (exact) mass is 280 g/mol. The molecular formula is C16H25FN2O. The van der Waals surface area contributed by atoms with Crippen molar-refractivity contribution in [1.29, 1.82) is 0 Å². The van der Waals surface area contributed by atoms with Gasteiger partial charge in [0.25, 0.3) is 0 Å². The molecule has 0 bridgehead atoms. The number of rotatable bonds is 5. The maximum Gasteiger partial charge on any atom is 0.126 e. The van der Waals surface area contributed by atoms with Crippen LogP contribution < -0.4 is 5.73 Å². The number of nitrogens with two attached hydrogens (primary N) is 1. The first-order valence-corrected chi connectivity index (χ1v) is 7.30. The van der Waals surface area contributed by atoms with Crippen molar-refractivity contribution in [2.75, 3.05) is 26.7 Å². The molecule has 1 saturated heterocycles. The molecule has 0 aromatic heterocycles. The van der Waals surface area contributed by atoms with Crippen LogP contribution in [-0.2, 0) is 11.2 Å². The van der Waals surface area contributed by atoms with Crippen LogP contribution in [0.2, 0.25) is 0 Å². The SMILES string of the molecule is COC1CCCN(C(C)(CN)Cc2ccccc2F)C1. The average Bonchev–Trinajstić information content (AvgIpc) is 2.49. The molecule has 1 aliphatic rings. The minimum absolute atomic E-state index is 0.146. The molecule has 0 radical (unpaired) electrons. The van der Waals surface area contributed by atoms with Crippen LogP contribution in [0.1, 0.15) is 25.3 Å². The molecule has 1 aromatic carbocycles. The topological polar surface area (TPSA) is 38.5 Å². The molecule has 112 valence electrons. The van der Waals surface area contributed by atoms with Gasteiger partial charge in [-0.15, -0.1) is 0 Å². The zero-order valence-electron chi connectivity index (χ0n) is 12.4. The Hall–Kier alpha value is -0.970. The number of hydrogen-bond donors (Lipinski definition) is 1. The summed E-state index contributed by atoms with van der Waals surface area (Å²) in [5, 5.41) is 0. The van der Waals surface area contributed by atoms with Crippen molar-refractivity contribution in [3.8, 4) is 0 Å². The molecule has 0 amide bonds. The number of halogens is 1. The number of ether oxygens (including phenoxy) is 1. The summed E-state index contributed by atoms with van der Waals surface area (Å²) >= 11 is 0. The standard InChI is InChI=1S/C16H25FN2O/c1-16(12-18,10-13-6-3-4-8-15(13)17)19-9-5-7-14(11-19)20-2/h3-4,6,8,14H,5,7,9-12,18H2,1-2H3. The zero-order valence-corrected chi connectivity index (χ0v) is 12.4. The van der Waals surface area contributed by atoms with Crippen molar-refractivity contribution in [1.82, 2.24) is 4.90 Å². The van der Waals surface area contributed by atoms with Crippen LogP contribution in [0.3, 0.4) is 0 Å². The van der Waals surface area contributed by atoms with Crippen LogP contribution in [0.5, 0.6) is 0 Å². The number of likely N-dealkylation sites (tertiary alicyclic amines) is 1. The van der Waals surface area contributed by atoms with Crippen LogP contribution >= 0.6 is 0 Å².